The topological polar surface area (TPSA) is 83.6 Å². The summed E-state index contributed by atoms with van der Waals surface area (Å²) in [4.78, 5) is 24.8. The summed E-state index contributed by atoms with van der Waals surface area (Å²) >= 11 is 0. The first-order chi connectivity index (χ1) is 8.39. The van der Waals surface area contributed by atoms with Crippen molar-refractivity contribution in [2.45, 2.75) is 32.7 Å². The molecule has 0 saturated carbocycles. The lowest BCUT2D eigenvalue weighted by Gasteiger charge is -2.32. The molecule has 1 saturated heterocycles. The highest BCUT2D eigenvalue weighted by Crippen LogP contribution is 2.08. The maximum atomic E-state index is 12.0. The molecule has 0 aliphatic carbocycles. The molecule has 0 radical (unpaired) electrons. The fourth-order valence-electron chi connectivity index (χ4n) is 1.84. The fraction of sp³-hybridized carbons (Fsp3) is 0.818. The lowest BCUT2D eigenvalue weighted by atomic mass is 10.1. The number of hydrogen-bond donors (Lipinski definition) is 1. The standard InChI is InChI=1S/C11H20N2O4S/c1-3-5-9-11(15)13(8-10(14)12-9)6-7-18(16,17)4-2/h9H,3-8H2,1-2H3,(H,12,14). The van der Waals surface area contributed by atoms with Gasteiger partial charge in [-0.05, 0) is 6.42 Å². The Morgan fingerprint density at radius 3 is 2.56 bits per heavy atom. The van der Waals surface area contributed by atoms with Crippen LogP contribution in [0.4, 0.5) is 0 Å². The van der Waals surface area contributed by atoms with E-state index in [0.717, 1.165) is 6.42 Å². The third-order valence-corrected chi connectivity index (χ3v) is 4.65. The Kier molecular flexibility index (Phi) is 5.13. The zero-order chi connectivity index (χ0) is 13.8. The summed E-state index contributed by atoms with van der Waals surface area (Å²) in [7, 11) is -3.12. The second-order valence-electron chi connectivity index (χ2n) is 4.40. The number of piperazine rings is 1. The minimum Gasteiger partial charge on any atom is -0.343 e. The van der Waals surface area contributed by atoms with Crippen molar-refractivity contribution >= 4 is 21.7 Å². The fourth-order valence-corrected chi connectivity index (χ4v) is 2.63. The molecular formula is C11H20N2O4S. The summed E-state index contributed by atoms with van der Waals surface area (Å²) in [6.07, 6.45) is 1.37. The lowest BCUT2D eigenvalue weighted by Crippen LogP contribution is -2.58. The Morgan fingerprint density at radius 2 is 2.00 bits per heavy atom. The van der Waals surface area contributed by atoms with Gasteiger partial charge in [-0.2, -0.15) is 0 Å². The van der Waals surface area contributed by atoms with Crippen LogP contribution in [0.15, 0.2) is 0 Å². The first-order valence-corrected chi connectivity index (χ1v) is 8.00. The van der Waals surface area contributed by atoms with E-state index >= 15 is 0 Å². The third kappa shape index (κ3) is 3.97. The second kappa shape index (κ2) is 6.17. The number of nitrogens with zero attached hydrogens (tertiary/aromatic N) is 1. The molecule has 1 aliphatic rings. The van der Waals surface area contributed by atoms with Crippen molar-refractivity contribution in [2.24, 2.45) is 0 Å². The lowest BCUT2D eigenvalue weighted by molar-refractivity contribution is -0.144. The van der Waals surface area contributed by atoms with Crippen molar-refractivity contribution in [1.82, 2.24) is 10.2 Å². The quantitative estimate of drug-likeness (QED) is 0.712. The molecule has 0 bridgehead atoms. The summed E-state index contributed by atoms with van der Waals surface area (Å²) < 4.78 is 22.8. The average molecular weight is 276 g/mol. The van der Waals surface area contributed by atoms with Crippen LogP contribution in [-0.4, -0.2) is 55.8 Å². The van der Waals surface area contributed by atoms with Crippen molar-refractivity contribution in [3.05, 3.63) is 0 Å². The van der Waals surface area contributed by atoms with Crippen LogP contribution in [0.5, 0.6) is 0 Å². The number of sulfone groups is 1. The summed E-state index contributed by atoms with van der Waals surface area (Å²) in [6.45, 7) is 3.56. The summed E-state index contributed by atoms with van der Waals surface area (Å²) in [5.41, 5.74) is 0. The average Bonchev–Trinajstić information content (AvgIpc) is 2.32. The first-order valence-electron chi connectivity index (χ1n) is 6.18. The predicted octanol–water partition coefficient (Wildman–Crippen LogP) is -0.452. The molecule has 0 aromatic heterocycles. The van der Waals surface area contributed by atoms with E-state index in [4.69, 9.17) is 0 Å². The third-order valence-electron chi connectivity index (χ3n) is 2.97. The minimum absolute atomic E-state index is 0.0434. The van der Waals surface area contributed by atoms with Gasteiger partial charge in [0.25, 0.3) is 0 Å². The number of rotatable bonds is 6. The van der Waals surface area contributed by atoms with Gasteiger partial charge in [0, 0.05) is 12.3 Å². The van der Waals surface area contributed by atoms with E-state index in [1.165, 1.54) is 4.90 Å². The molecule has 0 aromatic rings. The number of carbonyl (C=O) groups excluding carboxylic acids is 2. The predicted molar refractivity (Wildman–Crippen MR) is 67.7 cm³/mol. The minimum atomic E-state index is -3.12. The van der Waals surface area contributed by atoms with Crippen molar-refractivity contribution in [3.8, 4) is 0 Å². The smallest absolute Gasteiger partial charge is 0.245 e. The van der Waals surface area contributed by atoms with Crippen LogP contribution >= 0.6 is 0 Å². The summed E-state index contributed by atoms with van der Waals surface area (Å²) in [6, 6.07) is -0.499. The van der Waals surface area contributed by atoms with E-state index in [0.29, 0.717) is 6.42 Å². The SMILES string of the molecule is CCCC1NC(=O)CN(CCS(=O)(=O)CC)C1=O. The van der Waals surface area contributed by atoms with E-state index in [2.05, 4.69) is 5.32 Å². The molecule has 1 fully saturated rings. The van der Waals surface area contributed by atoms with Crippen LogP contribution in [0.25, 0.3) is 0 Å². The van der Waals surface area contributed by atoms with Crippen LogP contribution < -0.4 is 5.32 Å². The van der Waals surface area contributed by atoms with Crippen molar-refractivity contribution in [3.63, 3.8) is 0 Å². The van der Waals surface area contributed by atoms with Crippen LogP contribution in [0.2, 0.25) is 0 Å². The van der Waals surface area contributed by atoms with Gasteiger partial charge >= 0.3 is 0 Å². The van der Waals surface area contributed by atoms with Gasteiger partial charge in [-0.15, -0.1) is 0 Å². The van der Waals surface area contributed by atoms with Crippen molar-refractivity contribution in [2.75, 3.05) is 24.6 Å². The molecule has 104 valence electrons. The summed E-state index contributed by atoms with van der Waals surface area (Å²) in [5.74, 6) is -0.425. The van der Waals surface area contributed by atoms with Gasteiger partial charge in [-0.3, -0.25) is 9.59 Å². The molecule has 1 rings (SSSR count). The number of nitrogens with one attached hydrogen (secondary N) is 1. The molecule has 1 atom stereocenters. The normalized spacial score (nSPS) is 21.0. The molecule has 0 spiro atoms. The second-order valence-corrected chi connectivity index (χ2v) is 6.88. The van der Waals surface area contributed by atoms with Gasteiger partial charge in [0.15, 0.2) is 9.84 Å². The van der Waals surface area contributed by atoms with Crippen LogP contribution in [-0.2, 0) is 19.4 Å². The molecule has 2 amide bonds. The monoisotopic (exact) mass is 276 g/mol. The van der Waals surface area contributed by atoms with E-state index in [-0.39, 0.29) is 36.4 Å². The highest BCUT2D eigenvalue weighted by atomic mass is 32.2. The maximum absolute atomic E-state index is 12.0. The van der Waals surface area contributed by atoms with E-state index in [1.54, 1.807) is 6.92 Å². The van der Waals surface area contributed by atoms with Crippen molar-refractivity contribution < 1.29 is 18.0 Å². The highest BCUT2D eigenvalue weighted by molar-refractivity contribution is 7.91. The van der Waals surface area contributed by atoms with Crippen LogP contribution in [0, 0.1) is 0 Å². The van der Waals surface area contributed by atoms with Crippen LogP contribution in [0.1, 0.15) is 26.7 Å². The van der Waals surface area contributed by atoms with Gasteiger partial charge in [-0.25, -0.2) is 8.42 Å². The maximum Gasteiger partial charge on any atom is 0.245 e. The Hall–Kier alpha value is -1.11. The van der Waals surface area contributed by atoms with Gasteiger partial charge < -0.3 is 10.2 Å². The highest BCUT2D eigenvalue weighted by Gasteiger charge is 2.32. The van der Waals surface area contributed by atoms with Gasteiger partial charge in [0.1, 0.15) is 6.04 Å². The molecule has 7 heteroatoms. The van der Waals surface area contributed by atoms with Crippen LogP contribution in [0.3, 0.4) is 0 Å². The Balaban J connectivity index is 2.64. The molecule has 0 aromatic carbocycles. The Labute approximate surface area is 108 Å². The zero-order valence-electron chi connectivity index (χ0n) is 10.8. The molecule has 1 N–H and O–H groups in total. The van der Waals surface area contributed by atoms with E-state index in [9.17, 15) is 18.0 Å². The molecule has 1 unspecified atom stereocenters. The van der Waals surface area contributed by atoms with E-state index in [1.807, 2.05) is 6.92 Å². The largest absolute Gasteiger partial charge is 0.343 e. The molecule has 1 heterocycles. The van der Waals surface area contributed by atoms with Crippen molar-refractivity contribution in [1.29, 1.82) is 0 Å². The zero-order valence-corrected chi connectivity index (χ0v) is 11.6. The van der Waals surface area contributed by atoms with E-state index < -0.39 is 15.9 Å². The Bertz CT molecular complexity index is 419. The molecule has 1 aliphatic heterocycles. The number of amides is 2. The van der Waals surface area contributed by atoms with Gasteiger partial charge in [-0.1, -0.05) is 20.3 Å². The number of carbonyl (C=O) groups is 2. The molecule has 18 heavy (non-hydrogen) atoms. The van der Waals surface area contributed by atoms with Gasteiger partial charge in [0.2, 0.25) is 11.8 Å². The first kappa shape index (κ1) is 14.9. The molecule has 6 nitrogen and oxygen atoms in total. The van der Waals surface area contributed by atoms with Gasteiger partial charge in [0.05, 0.1) is 12.3 Å². The Morgan fingerprint density at radius 1 is 1.33 bits per heavy atom. The summed E-state index contributed by atoms with van der Waals surface area (Å²) in [5, 5.41) is 2.63. The molecular weight excluding hydrogens is 256 g/mol. The number of hydrogen-bond acceptors (Lipinski definition) is 4.